The number of methoxy groups -OCH3 is 2. The van der Waals surface area contributed by atoms with Crippen molar-refractivity contribution in [2.45, 2.75) is 26.8 Å². The largest absolute Gasteiger partial charge is 0.497 e. The van der Waals surface area contributed by atoms with Gasteiger partial charge in [-0.05, 0) is 56.4 Å². The summed E-state index contributed by atoms with van der Waals surface area (Å²) in [5, 5.41) is 4.25. The minimum Gasteiger partial charge on any atom is -0.497 e. The molecule has 1 aliphatic rings. The van der Waals surface area contributed by atoms with Gasteiger partial charge in [0.15, 0.2) is 0 Å². The molecule has 0 bridgehead atoms. The van der Waals surface area contributed by atoms with Crippen molar-refractivity contribution >= 4 is 44.8 Å². The molecule has 0 unspecified atom stereocenters. The molecule has 2 aromatic heterocycles. The second kappa shape index (κ2) is 10.1. The van der Waals surface area contributed by atoms with E-state index in [0.717, 1.165) is 60.0 Å². The predicted molar refractivity (Wildman–Crippen MR) is 146 cm³/mol. The van der Waals surface area contributed by atoms with Gasteiger partial charge in [0, 0.05) is 57.9 Å². The highest BCUT2D eigenvalue weighted by atomic mass is 16.5. The van der Waals surface area contributed by atoms with Crippen molar-refractivity contribution < 1.29 is 19.1 Å². The van der Waals surface area contributed by atoms with Crippen molar-refractivity contribution in [1.82, 2.24) is 19.8 Å². The number of amides is 2. The van der Waals surface area contributed by atoms with E-state index in [1.807, 2.05) is 42.6 Å². The molecular formula is C29H32N4O4. The van der Waals surface area contributed by atoms with Crippen molar-refractivity contribution in [3.63, 3.8) is 0 Å². The standard InChI is InChI=1S/C29H32N4O4/c1-5-32(6-2)12-7-13-33-17-23(21-14-18(36-3)9-11-25(21)33)27-26(28(34)31-29(27)35)22-16-30-24-15-19(37-4)8-10-20(22)24/h8-11,14-17,30H,5-7,12-13H2,1-4H3,(H,31,34,35). The Hall–Kier alpha value is -4.04. The number of ether oxygens (including phenoxy) is 2. The zero-order chi connectivity index (χ0) is 26.1. The molecule has 192 valence electrons. The number of aromatic amines is 1. The summed E-state index contributed by atoms with van der Waals surface area (Å²) in [5.74, 6) is 0.609. The third-order valence-electron chi connectivity index (χ3n) is 7.21. The van der Waals surface area contributed by atoms with Crippen LogP contribution in [0.25, 0.3) is 33.0 Å². The number of fused-ring (bicyclic) bond motifs is 2. The number of hydrogen-bond acceptors (Lipinski definition) is 5. The van der Waals surface area contributed by atoms with E-state index in [-0.39, 0.29) is 0 Å². The van der Waals surface area contributed by atoms with Crippen LogP contribution in [0.15, 0.2) is 48.8 Å². The number of hydrogen-bond donors (Lipinski definition) is 2. The van der Waals surface area contributed by atoms with Gasteiger partial charge in [-0.25, -0.2) is 0 Å². The summed E-state index contributed by atoms with van der Waals surface area (Å²) < 4.78 is 13.0. The Balaban J connectivity index is 1.66. The Morgan fingerprint density at radius 3 is 2.24 bits per heavy atom. The number of carbonyl (C=O) groups is 2. The van der Waals surface area contributed by atoms with Crippen molar-refractivity contribution in [2.24, 2.45) is 0 Å². The molecule has 8 nitrogen and oxygen atoms in total. The quantitative estimate of drug-likeness (QED) is 0.314. The van der Waals surface area contributed by atoms with Crippen LogP contribution in [-0.2, 0) is 16.1 Å². The zero-order valence-electron chi connectivity index (χ0n) is 21.7. The fraction of sp³-hybridized carbons (Fsp3) is 0.310. The molecule has 1 aliphatic heterocycles. The minimum absolute atomic E-state index is 0.367. The molecule has 0 spiro atoms. The molecule has 37 heavy (non-hydrogen) atoms. The number of carbonyl (C=O) groups excluding carboxylic acids is 2. The molecule has 0 radical (unpaired) electrons. The van der Waals surface area contributed by atoms with E-state index in [9.17, 15) is 9.59 Å². The fourth-order valence-corrected chi connectivity index (χ4v) is 5.20. The van der Waals surface area contributed by atoms with Crippen molar-refractivity contribution in [3.8, 4) is 11.5 Å². The molecular weight excluding hydrogens is 468 g/mol. The first-order valence-corrected chi connectivity index (χ1v) is 12.6. The molecule has 2 amide bonds. The van der Waals surface area contributed by atoms with Crippen LogP contribution in [0.2, 0.25) is 0 Å². The normalized spacial score (nSPS) is 13.9. The Labute approximate surface area is 215 Å². The van der Waals surface area contributed by atoms with Crippen molar-refractivity contribution in [3.05, 3.63) is 59.9 Å². The van der Waals surface area contributed by atoms with E-state index in [0.29, 0.717) is 28.2 Å². The molecule has 8 heteroatoms. The van der Waals surface area contributed by atoms with Crippen molar-refractivity contribution in [2.75, 3.05) is 33.9 Å². The van der Waals surface area contributed by atoms with Gasteiger partial charge >= 0.3 is 0 Å². The van der Waals surface area contributed by atoms with Crippen LogP contribution in [0.4, 0.5) is 0 Å². The summed E-state index contributed by atoms with van der Waals surface area (Å²) in [6, 6.07) is 11.5. The van der Waals surface area contributed by atoms with Gasteiger partial charge in [-0.2, -0.15) is 0 Å². The third-order valence-corrected chi connectivity index (χ3v) is 7.21. The fourth-order valence-electron chi connectivity index (χ4n) is 5.20. The lowest BCUT2D eigenvalue weighted by Gasteiger charge is -2.18. The Bertz CT molecular complexity index is 1520. The molecule has 0 saturated heterocycles. The summed E-state index contributed by atoms with van der Waals surface area (Å²) in [5.41, 5.74) is 3.97. The van der Waals surface area contributed by atoms with Crippen LogP contribution in [0.3, 0.4) is 0 Å². The number of imide groups is 1. The topological polar surface area (TPSA) is 88.6 Å². The maximum absolute atomic E-state index is 13.2. The Morgan fingerprint density at radius 2 is 1.54 bits per heavy atom. The number of aromatic nitrogens is 2. The maximum Gasteiger partial charge on any atom is 0.259 e. The SMILES string of the molecule is CCN(CC)CCCn1cc(C2=C(c3c[nH]c4cc(OC)ccc34)C(=O)NC2=O)c2cc(OC)ccc21. The molecule has 0 atom stereocenters. The lowest BCUT2D eigenvalue weighted by Crippen LogP contribution is -2.24. The van der Waals surface area contributed by atoms with Crippen molar-refractivity contribution in [1.29, 1.82) is 0 Å². The van der Waals surface area contributed by atoms with E-state index in [1.54, 1.807) is 20.4 Å². The Kier molecular flexibility index (Phi) is 6.76. The van der Waals surface area contributed by atoms with Gasteiger partial charge in [-0.15, -0.1) is 0 Å². The summed E-state index contributed by atoms with van der Waals surface area (Å²) in [6.07, 6.45) is 4.75. The van der Waals surface area contributed by atoms with E-state index < -0.39 is 11.8 Å². The molecule has 0 aliphatic carbocycles. The molecule has 0 saturated carbocycles. The van der Waals surface area contributed by atoms with Gasteiger partial charge in [-0.1, -0.05) is 13.8 Å². The van der Waals surface area contributed by atoms with Crippen LogP contribution in [0.1, 0.15) is 31.4 Å². The van der Waals surface area contributed by atoms with E-state index in [4.69, 9.17) is 9.47 Å². The summed E-state index contributed by atoms with van der Waals surface area (Å²) in [7, 11) is 3.24. The van der Waals surface area contributed by atoms with E-state index in [1.165, 1.54) is 0 Å². The molecule has 2 aromatic carbocycles. The third kappa shape index (κ3) is 4.38. The molecule has 0 fully saturated rings. The summed E-state index contributed by atoms with van der Waals surface area (Å²) in [4.78, 5) is 32.0. The molecule has 2 N–H and O–H groups in total. The number of H-pyrrole nitrogens is 1. The van der Waals surface area contributed by atoms with E-state index >= 15 is 0 Å². The second-order valence-corrected chi connectivity index (χ2v) is 9.15. The van der Waals surface area contributed by atoms with Gasteiger partial charge in [-0.3, -0.25) is 14.9 Å². The highest BCUT2D eigenvalue weighted by molar-refractivity contribution is 6.50. The average molecular weight is 501 g/mol. The zero-order valence-corrected chi connectivity index (χ0v) is 21.7. The van der Waals surface area contributed by atoms with Gasteiger partial charge in [0.1, 0.15) is 11.5 Å². The maximum atomic E-state index is 13.2. The van der Waals surface area contributed by atoms with Crippen LogP contribution in [0, 0.1) is 0 Å². The van der Waals surface area contributed by atoms with Gasteiger partial charge < -0.3 is 23.9 Å². The second-order valence-electron chi connectivity index (χ2n) is 9.15. The number of benzene rings is 2. The monoisotopic (exact) mass is 500 g/mol. The smallest absolute Gasteiger partial charge is 0.259 e. The number of aryl methyl sites for hydroxylation is 1. The number of nitrogens with zero attached hydrogens (tertiary/aromatic N) is 2. The lowest BCUT2D eigenvalue weighted by atomic mass is 9.95. The highest BCUT2D eigenvalue weighted by Gasteiger charge is 2.35. The van der Waals surface area contributed by atoms with Crippen LogP contribution >= 0.6 is 0 Å². The summed E-state index contributed by atoms with van der Waals surface area (Å²) in [6.45, 7) is 8.15. The first kappa shape index (κ1) is 24.6. The molecule has 4 aromatic rings. The first-order chi connectivity index (χ1) is 18.0. The Morgan fingerprint density at radius 1 is 0.865 bits per heavy atom. The van der Waals surface area contributed by atoms with Crippen LogP contribution < -0.4 is 14.8 Å². The number of rotatable bonds is 10. The predicted octanol–water partition coefficient (Wildman–Crippen LogP) is 4.44. The first-order valence-electron chi connectivity index (χ1n) is 12.6. The molecule has 3 heterocycles. The summed E-state index contributed by atoms with van der Waals surface area (Å²) >= 11 is 0. The van der Waals surface area contributed by atoms with Crippen LogP contribution in [-0.4, -0.2) is 60.1 Å². The minimum atomic E-state index is -0.401. The van der Waals surface area contributed by atoms with E-state index in [2.05, 4.69) is 33.6 Å². The average Bonchev–Trinajstić information content (AvgIpc) is 3.58. The number of nitrogens with one attached hydrogen (secondary N) is 2. The van der Waals surface area contributed by atoms with Gasteiger partial charge in [0.2, 0.25) is 0 Å². The van der Waals surface area contributed by atoms with Gasteiger partial charge in [0.25, 0.3) is 11.8 Å². The van der Waals surface area contributed by atoms with Crippen LogP contribution in [0.5, 0.6) is 11.5 Å². The molecule has 5 rings (SSSR count). The van der Waals surface area contributed by atoms with Gasteiger partial charge in [0.05, 0.1) is 25.4 Å². The highest BCUT2D eigenvalue weighted by Crippen LogP contribution is 2.39. The lowest BCUT2D eigenvalue weighted by molar-refractivity contribution is -0.122.